The molecule has 1 saturated heterocycles. The summed E-state index contributed by atoms with van der Waals surface area (Å²) in [5.41, 5.74) is 0.246. The Labute approximate surface area is 181 Å². The van der Waals surface area contributed by atoms with Crippen LogP contribution in [0.4, 0.5) is 0 Å². The molecule has 2 N–H and O–H groups in total. The molecule has 0 amide bonds. The molecule has 4 nitrogen and oxygen atoms in total. The molecule has 4 atom stereocenters. The van der Waals surface area contributed by atoms with Gasteiger partial charge in [-0.25, -0.2) is 0 Å². The molecule has 0 bridgehead atoms. The van der Waals surface area contributed by atoms with Crippen LogP contribution in [0.25, 0.3) is 0 Å². The summed E-state index contributed by atoms with van der Waals surface area (Å²) < 4.78 is 0. The fourth-order valence-electron chi connectivity index (χ4n) is 5.27. The summed E-state index contributed by atoms with van der Waals surface area (Å²) >= 11 is 6.58. The van der Waals surface area contributed by atoms with Gasteiger partial charge in [-0.2, -0.15) is 0 Å². The van der Waals surface area contributed by atoms with Gasteiger partial charge < -0.3 is 10.2 Å². The van der Waals surface area contributed by atoms with Crippen LogP contribution >= 0.6 is 11.6 Å². The first kappa shape index (κ1) is 23.1. The van der Waals surface area contributed by atoms with E-state index in [1.807, 2.05) is 0 Å². The molecule has 0 aromatic carbocycles. The smallest absolute Gasteiger partial charge is 0.306 e. The van der Waals surface area contributed by atoms with Gasteiger partial charge in [-0.15, -0.1) is 11.6 Å². The van der Waals surface area contributed by atoms with Crippen LogP contribution in [0.15, 0.2) is 12.2 Å². The van der Waals surface area contributed by atoms with Crippen molar-refractivity contribution in [2.75, 3.05) is 13.1 Å². The lowest BCUT2D eigenvalue weighted by Gasteiger charge is -2.46. The van der Waals surface area contributed by atoms with Gasteiger partial charge in [0.05, 0.1) is 17.4 Å². The molecule has 0 spiro atoms. The molecule has 2 saturated carbocycles. The zero-order chi connectivity index (χ0) is 20.9. The largest absolute Gasteiger partial charge is 0.481 e. The number of allylic oxidation sites excluding steroid dienone is 1. The number of carboxylic acids is 1. The molecule has 1 heterocycles. The molecule has 0 radical (unpaired) electrons. The zero-order valence-corrected chi connectivity index (χ0v) is 18.8. The summed E-state index contributed by atoms with van der Waals surface area (Å²) in [7, 11) is 0. The Balaban J connectivity index is 1.37. The van der Waals surface area contributed by atoms with E-state index in [9.17, 15) is 9.90 Å². The number of aliphatic hydroxyl groups is 1. The summed E-state index contributed by atoms with van der Waals surface area (Å²) in [4.78, 5) is 13.4. The zero-order valence-electron chi connectivity index (χ0n) is 18.1. The van der Waals surface area contributed by atoms with Gasteiger partial charge in [-0.1, -0.05) is 38.3 Å². The fraction of sp³-hybridized carbons (Fsp3) is 0.875. The van der Waals surface area contributed by atoms with Gasteiger partial charge in [0.15, 0.2) is 0 Å². The quantitative estimate of drug-likeness (QED) is 0.313. The van der Waals surface area contributed by atoms with Gasteiger partial charge in [-0.3, -0.25) is 9.69 Å². The van der Waals surface area contributed by atoms with E-state index in [0.717, 1.165) is 51.1 Å². The first-order valence-electron chi connectivity index (χ1n) is 11.9. The maximum absolute atomic E-state index is 10.9. The Kier molecular flexibility index (Phi) is 8.47. The van der Waals surface area contributed by atoms with Crippen molar-refractivity contribution in [2.45, 2.75) is 101 Å². The van der Waals surface area contributed by atoms with Crippen LogP contribution in [0.3, 0.4) is 0 Å². The lowest BCUT2D eigenvalue weighted by atomic mass is 9.61. The molecular formula is C24H40ClNO3. The van der Waals surface area contributed by atoms with Gasteiger partial charge in [0.1, 0.15) is 0 Å². The molecule has 3 fully saturated rings. The number of carboxylic acid groups (broad SMARTS) is 1. The molecule has 1 aliphatic heterocycles. The Bertz CT molecular complexity index is 558. The minimum absolute atomic E-state index is 0.124. The predicted octanol–water partition coefficient (Wildman–Crippen LogP) is 5.23. The maximum atomic E-state index is 10.9. The maximum Gasteiger partial charge on any atom is 0.306 e. The highest BCUT2D eigenvalue weighted by molar-refractivity contribution is 6.21. The Morgan fingerprint density at radius 3 is 2.62 bits per heavy atom. The molecule has 0 aromatic heterocycles. The van der Waals surface area contributed by atoms with Crippen molar-refractivity contribution in [1.29, 1.82) is 0 Å². The van der Waals surface area contributed by atoms with E-state index in [-0.39, 0.29) is 22.8 Å². The number of rotatable bonds is 13. The second-order valence-electron chi connectivity index (χ2n) is 9.95. The molecule has 2 aliphatic carbocycles. The summed E-state index contributed by atoms with van der Waals surface area (Å²) in [5, 5.41) is 20.0. The fourth-order valence-corrected chi connectivity index (χ4v) is 5.63. The van der Waals surface area contributed by atoms with Gasteiger partial charge in [0.25, 0.3) is 0 Å². The van der Waals surface area contributed by atoms with Crippen molar-refractivity contribution in [2.24, 2.45) is 17.3 Å². The third kappa shape index (κ3) is 6.45. The summed E-state index contributed by atoms with van der Waals surface area (Å²) in [6.07, 6.45) is 17.4. The summed E-state index contributed by atoms with van der Waals surface area (Å²) in [6.45, 7) is 3.83. The minimum atomic E-state index is -0.718. The van der Waals surface area contributed by atoms with E-state index in [4.69, 9.17) is 16.7 Å². The number of hydrogen-bond acceptors (Lipinski definition) is 3. The van der Waals surface area contributed by atoms with Crippen molar-refractivity contribution in [3.63, 3.8) is 0 Å². The monoisotopic (exact) mass is 425 g/mol. The van der Waals surface area contributed by atoms with E-state index in [0.29, 0.717) is 12.5 Å². The molecule has 166 valence electrons. The van der Waals surface area contributed by atoms with Gasteiger partial charge >= 0.3 is 5.97 Å². The van der Waals surface area contributed by atoms with Crippen LogP contribution in [0, 0.1) is 17.3 Å². The minimum Gasteiger partial charge on any atom is -0.481 e. The van der Waals surface area contributed by atoms with Crippen molar-refractivity contribution < 1.29 is 15.0 Å². The van der Waals surface area contributed by atoms with E-state index >= 15 is 0 Å². The molecule has 29 heavy (non-hydrogen) atoms. The second-order valence-corrected chi connectivity index (χ2v) is 10.5. The number of alkyl halides is 1. The number of likely N-dealkylation sites (tertiary alicyclic amines) is 1. The van der Waals surface area contributed by atoms with Gasteiger partial charge in [0, 0.05) is 6.04 Å². The first-order valence-corrected chi connectivity index (χ1v) is 12.3. The highest BCUT2D eigenvalue weighted by atomic mass is 35.5. The third-order valence-electron chi connectivity index (χ3n) is 7.68. The highest BCUT2D eigenvalue weighted by Gasteiger charge is 2.46. The highest BCUT2D eigenvalue weighted by Crippen LogP contribution is 2.53. The average Bonchev–Trinajstić information content (AvgIpc) is 3.41. The lowest BCUT2D eigenvalue weighted by molar-refractivity contribution is -0.141. The van der Waals surface area contributed by atoms with Crippen LogP contribution < -0.4 is 0 Å². The SMILES string of the molecule is CC(CCC=CCC1C(Cl)CCN1CCCC(O)C1(CC2CC2)CCC1)C(=O)O. The van der Waals surface area contributed by atoms with Crippen LogP contribution in [-0.4, -0.2) is 51.7 Å². The van der Waals surface area contributed by atoms with Crippen molar-refractivity contribution in [1.82, 2.24) is 4.90 Å². The standard InChI is InChI=1S/C24H40ClNO3/c1-18(23(28)29)7-3-2-4-8-21-20(25)12-16-26(21)15-5-9-22(27)24(13-6-14-24)17-19-10-11-19/h2,4,18-22,27H,3,5-17H2,1H3,(H,28,29). The lowest BCUT2D eigenvalue weighted by Crippen LogP contribution is -2.42. The molecule has 3 rings (SSSR count). The van der Waals surface area contributed by atoms with Crippen LogP contribution in [0.2, 0.25) is 0 Å². The van der Waals surface area contributed by atoms with E-state index < -0.39 is 5.97 Å². The molecule has 5 heteroatoms. The van der Waals surface area contributed by atoms with Gasteiger partial charge in [-0.05, 0) is 82.2 Å². The molecule has 4 unspecified atom stereocenters. The van der Waals surface area contributed by atoms with Crippen molar-refractivity contribution >= 4 is 17.6 Å². The Morgan fingerprint density at radius 1 is 1.24 bits per heavy atom. The van der Waals surface area contributed by atoms with Crippen LogP contribution in [-0.2, 0) is 4.79 Å². The van der Waals surface area contributed by atoms with Crippen molar-refractivity contribution in [3.8, 4) is 0 Å². The van der Waals surface area contributed by atoms with Gasteiger partial charge in [0.2, 0.25) is 0 Å². The summed E-state index contributed by atoms with van der Waals surface area (Å²) in [5.74, 6) is -0.104. The first-order chi connectivity index (χ1) is 13.9. The number of halogens is 1. The molecular weight excluding hydrogens is 386 g/mol. The third-order valence-corrected chi connectivity index (χ3v) is 8.19. The number of aliphatic hydroxyl groups excluding tert-OH is 1. The topological polar surface area (TPSA) is 60.8 Å². The van der Waals surface area contributed by atoms with E-state index in [1.54, 1.807) is 6.92 Å². The Morgan fingerprint density at radius 2 is 2.00 bits per heavy atom. The molecule has 3 aliphatic rings. The number of nitrogens with zero attached hydrogens (tertiary/aromatic N) is 1. The summed E-state index contributed by atoms with van der Waals surface area (Å²) in [6, 6.07) is 0.367. The van der Waals surface area contributed by atoms with Crippen LogP contribution in [0.1, 0.15) is 84.0 Å². The number of carbonyl (C=O) groups is 1. The van der Waals surface area contributed by atoms with Crippen molar-refractivity contribution in [3.05, 3.63) is 12.2 Å². The number of hydrogen-bond donors (Lipinski definition) is 2. The van der Waals surface area contributed by atoms with Crippen LogP contribution in [0.5, 0.6) is 0 Å². The second kappa shape index (κ2) is 10.6. The van der Waals surface area contributed by atoms with E-state index in [2.05, 4.69) is 17.1 Å². The Hall–Kier alpha value is -0.580. The van der Waals surface area contributed by atoms with E-state index in [1.165, 1.54) is 38.5 Å². The predicted molar refractivity (Wildman–Crippen MR) is 118 cm³/mol. The normalized spacial score (nSPS) is 29.1. The average molecular weight is 426 g/mol. The molecule has 0 aromatic rings. The number of aliphatic carboxylic acids is 1.